The van der Waals surface area contributed by atoms with Gasteiger partial charge in [-0.05, 0) is 163 Å². The minimum Gasteiger partial charge on any atom is -0.481 e. The van der Waals surface area contributed by atoms with Crippen LogP contribution in [-0.2, 0) is 38.2 Å². The van der Waals surface area contributed by atoms with Crippen molar-refractivity contribution >= 4 is 35.8 Å². The predicted molar refractivity (Wildman–Crippen MR) is 347 cm³/mol. The molecule has 0 aromatic heterocycles. The highest BCUT2D eigenvalue weighted by Crippen LogP contribution is 2.36. The number of hydrogen-bond donors (Lipinski definition) is 7. The van der Waals surface area contributed by atoms with Crippen molar-refractivity contribution in [1.82, 2.24) is 26.2 Å². The van der Waals surface area contributed by atoms with Gasteiger partial charge in [0.05, 0.1) is 36.8 Å². The van der Waals surface area contributed by atoms with Crippen LogP contribution in [0.25, 0.3) is 0 Å². The molecule has 7 N–H and O–H groups in total. The number of amides is 4. The molecular weight excluding hydrogens is 1090 g/mol. The Kier molecular flexibility index (Phi) is 46.5. The Bertz CT molecular complexity index is 1890. The number of carboxylic acid groups (broad SMARTS) is 3. The average molecular weight is 1210 g/mol. The van der Waals surface area contributed by atoms with Crippen molar-refractivity contribution in [3.05, 3.63) is 48.6 Å². The van der Waals surface area contributed by atoms with Crippen molar-refractivity contribution in [3.63, 3.8) is 0 Å². The largest absolute Gasteiger partial charge is 0.481 e. The molecule has 0 aromatic rings. The van der Waals surface area contributed by atoms with Gasteiger partial charge < -0.3 is 55.7 Å². The summed E-state index contributed by atoms with van der Waals surface area (Å²) in [5, 5.41) is 37.8. The van der Waals surface area contributed by atoms with Crippen LogP contribution in [0.1, 0.15) is 273 Å². The first-order valence-corrected chi connectivity index (χ1v) is 33.8. The maximum Gasteiger partial charge on any atom is 0.326 e. The van der Waals surface area contributed by atoms with E-state index in [1.807, 2.05) is 13.8 Å². The van der Waals surface area contributed by atoms with Crippen LogP contribution >= 0.6 is 0 Å². The molecule has 3 atom stereocenters. The molecule has 1 aliphatic rings. The molecule has 0 spiro atoms. The van der Waals surface area contributed by atoms with Gasteiger partial charge in [0.15, 0.2) is 5.79 Å². The number of aliphatic carboxylic acids is 3. The molecule has 1 saturated heterocycles. The van der Waals surface area contributed by atoms with E-state index in [4.69, 9.17) is 19.3 Å². The second-order valence-electron chi connectivity index (χ2n) is 25.3. The zero-order chi connectivity index (χ0) is 63.6. The first-order chi connectivity index (χ1) is 41.2. The van der Waals surface area contributed by atoms with Crippen molar-refractivity contribution < 1.29 is 58.3 Å². The topological polar surface area (TPSA) is 242 Å². The number of allylic oxidation sites excluding steroid dienone is 8. The molecule has 3 unspecified atom stereocenters. The van der Waals surface area contributed by atoms with Crippen LogP contribution in [0.2, 0.25) is 0 Å². The summed E-state index contributed by atoms with van der Waals surface area (Å²) < 4.78 is 19.6. The van der Waals surface area contributed by atoms with Crippen LogP contribution in [-0.4, -0.2) is 132 Å². The van der Waals surface area contributed by atoms with Gasteiger partial charge in [-0.1, -0.05) is 146 Å². The Balaban J connectivity index is 2.44. The van der Waals surface area contributed by atoms with Crippen molar-refractivity contribution in [2.75, 3.05) is 46.4 Å². The maximum absolute atomic E-state index is 13.2. The third-order valence-corrected chi connectivity index (χ3v) is 15.9. The van der Waals surface area contributed by atoms with Crippen LogP contribution < -0.4 is 21.3 Å². The monoisotopic (exact) mass is 1210 g/mol. The minimum absolute atomic E-state index is 0.0121. The summed E-state index contributed by atoms with van der Waals surface area (Å²) in [6.45, 7) is 15.2. The molecule has 1 rings (SSSR count). The first kappa shape index (κ1) is 79.4. The number of nitrogens with zero attached hydrogens (tertiary/aromatic N) is 1. The average Bonchev–Trinajstić information content (AvgIpc) is 3.50. The van der Waals surface area contributed by atoms with Gasteiger partial charge in [-0.2, -0.15) is 0 Å². The van der Waals surface area contributed by atoms with Gasteiger partial charge in [0.1, 0.15) is 12.1 Å². The fourth-order valence-electron chi connectivity index (χ4n) is 10.3. The van der Waals surface area contributed by atoms with Crippen LogP contribution in [0.5, 0.6) is 0 Å². The predicted octanol–water partition coefficient (Wildman–Crippen LogP) is 14.7. The zero-order valence-electron chi connectivity index (χ0n) is 55.0. The molecule has 1 fully saturated rings. The van der Waals surface area contributed by atoms with Crippen LogP contribution in [0.4, 0.5) is 4.79 Å². The SMILES string of the molecule is CCCCCC=CCC=CCCCCCCCCC1(CCCCCCCCC=CCC=CCCCCC)OCC(CCN(C)CCCCCNC(=O)C(C)(C)COC(C)(C)CC(=O)NCCCCC(NC(=O)NC(CCC(=O)O)C(=O)O)C(=O)O)O1. The highest BCUT2D eigenvalue weighted by molar-refractivity contribution is 5.86. The van der Waals surface area contributed by atoms with Crippen molar-refractivity contribution in [2.45, 2.75) is 302 Å². The van der Waals surface area contributed by atoms with E-state index in [-0.39, 0.29) is 50.3 Å². The fourth-order valence-corrected chi connectivity index (χ4v) is 10.3. The van der Waals surface area contributed by atoms with Gasteiger partial charge in [0.2, 0.25) is 11.8 Å². The molecule has 0 aliphatic carbocycles. The number of carbonyl (C=O) groups is 6. The van der Waals surface area contributed by atoms with E-state index in [1.165, 1.54) is 128 Å². The molecule has 17 heteroatoms. The molecular formula is C69H123N5O12. The van der Waals surface area contributed by atoms with Gasteiger partial charge in [0, 0.05) is 38.9 Å². The number of hydrogen-bond acceptors (Lipinski definition) is 10. The smallest absolute Gasteiger partial charge is 0.326 e. The molecule has 4 amide bonds. The van der Waals surface area contributed by atoms with E-state index >= 15 is 0 Å². The quantitative estimate of drug-likeness (QED) is 0.0222. The molecule has 1 aliphatic heterocycles. The standard InChI is InChI=1S/C69H123N5O12/c1-8-10-12-14-16-18-20-22-24-26-28-30-32-34-36-40-49-69(50-41-37-35-33-31-29-27-25-23-21-19-17-15-13-11-9-2)84-56-58(86-69)48-54-74(7)53-44-38-42-52-71-65(82)67(3,4)57-85-68(5,6)55-61(75)70-51-43-39-45-59(63(78)79)72-66(83)73-60(64(80)81)46-47-62(76)77/h16-19,22-25,58-60H,8-15,20-21,26-57H2,1-7H3,(H,70,75)(H,71,82)(H,76,77)(H,78,79)(H,80,81)(H2,72,73,83). The third kappa shape index (κ3) is 43.9. The van der Waals surface area contributed by atoms with E-state index in [0.717, 1.165) is 77.3 Å². The summed E-state index contributed by atoms with van der Waals surface area (Å²) in [5.41, 5.74) is -1.70. The van der Waals surface area contributed by atoms with Crippen LogP contribution in [0.15, 0.2) is 48.6 Å². The van der Waals surface area contributed by atoms with Crippen LogP contribution in [0, 0.1) is 5.41 Å². The molecule has 0 bridgehead atoms. The Morgan fingerprint density at radius 2 is 1.05 bits per heavy atom. The Morgan fingerprint density at radius 1 is 0.581 bits per heavy atom. The Labute approximate surface area is 520 Å². The van der Waals surface area contributed by atoms with E-state index in [1.54, 1.807) is 13.8 Å². The summed E-state index contributed by atoms with van der Waals surface area (Å²) in [4.78, 5) is 74.6. The zero-order valence-corrected chi connectivity index (χ0v) is 55.0. The van der Waals surface area contributed by atoms with Crippen molar-refractivity contribution in [3.8, 4) is 0 Å². The minimum atomic E-state index is -1.50. The van der Waals surface area contributed by atoms with E-state index in [0.29, 0.717) is 26.0 Å². The fraction of sp³-hybridized carbons (Fsp3) is 0.797. The number of urea groups is 1. The summed E-state index contributed by atoms with van der Waals surface area (Å²) in [6, 6.07) is -3.86. The third-order valence-electron chi connectivity index (χ3n) is 15.9. The lowest BCUT2D eigenvalue weighted by Gasteiger charge is -2.31. The maximum atomic E-state index is 13.2. The molecule has 86 heavy (non-hydrogen) atoms. The first-order valence-electron chi connectivity index (χ1n) is 33.8. The number of unbranched alkanes of at least 4 members (excludes halogenated alkanes) is 21. The van der Waals surface area contributed by atoms with Crippen molar-refractivity contribution in [2.24, 2.45) is 5.41 Å². The van der Waals surface area contributed by atoms with Gasteiger partial charge in [-0.15, -0.1) is 0 Å². The molecule has 496 valence electrons. The van der Waals surface area contributed by atoms with Gasteiger partial charge in [-0.3, -0.25) is 14.4 Å². The lowest BCUT2D eigenvalue weighted by Crippen LogP contribution is -2.51. The number of rotatable bonds is 57. The summed E-state index contributed by atoms with van der Waals surface area (Å²) in [7, 11) is 2.18. The molecule has 0 radical (unpaired) electrons. The van der Waals surface area contributed by atoms with Gasteiger partial charge in [-0.25, -0.2) is 14.4 Å². The number of ether oxygens (including phenoxy) is 3. The van der Waals surface area contributed by atoms with Crippen molar-refractivity contribution in [1.29, 1.82) is 0 Å². The number of carboxylic acids is 3. The van der Waals surface area contributed by atoms with Crippen LogP contribution in [0.3, 0.4) is 0 Å². The Hall–Kier alpha value is -4.58. The summed E-state index contributed by atoms with van der Waals surface area (Å²) in [6.07, 6.45) is 54.2. The second kappa shape index (κ2) is 50.3. The molecule has 1 heterocycles. The highest BCUT2D eigenvalue weighted by atomic mass is 16.7. The van der Waals surface area contributed by atoms with E-state index in [9.17, 15) is 39.0 Å². The highest BCUT2D eigenvalue weighted by Gasteiger charge is 2.40. The summed E-state index contributed by atoms with van der Waals surface area (Å²) in [5.74, 6) is -4.84. The number of carbonyl (C=O) groups excluding carboxylic acids is 3. The molecule has 0 aromatic carbocycles. The Morgan fingerprint density at radius 3 is 1.56 bits per heavy atom. The normalized spacial score (nSPS) is 16.4. The van der Waals surface area contributed by atoms with E-state index in [2.05, 4.69) is 95.7 Å². The lowest BCUT2D eigenvalue weighted by atomic mass is 9.92. The molecule has 17 nitrogen and oxygen atoms in total. The second-order valence-corrected chi connectivity index (χ2v) is 25.3. The van der Waals surface area contributed by atoms with Gasteiger partial charge in [0.25, 0.3) is 0 Å². The molecule has 0 saturated carbocycles. The lowest BCUT2D eigenvalue weighted by molar-refractivity contribution is -0.180. The van der Waals surface area contributed by atoms with E-state index < -0.39 is 59.2 Å². The van der Waals surface area contributed by atoms with Gasteiger partial charge >= 0.3 is 23.9 Å². The summed E-state index contributed by atoms with van der Waals surface area (Å²) >= 11 is 0. The number of nitrogens with one attached hydrogen (secondary N) is 4.